The van der Waals surface area contributed by atoms with Crippen molar-refractivity contribution in [1.29, 1.82) is 0 Å². The summed E-state index contributed by atoms with van der Waals surface area (Å²) in [5, 5.41) is 2.62. The highest BCUT2D eigenvalue weighted by Crippen LogP contribution is 2.59. The molecule has 3 saturated heterocycles. The number of anilines is 2. The molecule has 1 N–H and O–H groups in total. The first-order valence-corrected chi connectivity index (χ1v) is 21.8. The molecule has 2 saturated carbocycles. The van der Waals surface area contributed by atoms with E-state index >= 15 is 0 Å². The van der Waals surface area contributed by atoms with E-state index in [4.69, 9.17) is 22.9 Å². The number of benzene rings is 3. The maximum absolute atomic E-state index is 13.9. The average molecular weight is 844 g/mol. The third-order valence-corrected chi connectivity index (χ3v) is 15.1. The zero-order chi connectivity index (χ0) is 42.7. The normalized spacial score (nSPS) is 26.4. The highest BCUT2D eigenvalue weighted by atomic mass is 35.5. The summed E-state index contributed by atoms with van der Waals surface area (Å²) in [5.41, 5.74) is 4.62. The molecule has 61 heavy (non-hydrogen) atoms. The molecular formula is C47H50ClN7O6. The van der Waals surface area contributed by atoms with E-state index in [9.17, 15) is 24.0 Å². The number of rotatable bonds is 8. The van der Waals surface area contributed by atoms with Gasteiger partial charge in [-0.25, -0.2) is 4.85 Å². The predicted molar refractivity (Wildman–Crippen MR) is 229 cm³/mol. The van der Waals surface area contributed by atoms with Crippen molar-refractivity contribution in [2.45, 2.75) is 78.1 Å². The van der Waals surface area contributed by atoms with E-state index in [-0.39, 0.29) is 53.0 Å². The molecule has 0 aromatic heterocycles. The Morgan fingerprint density at radius 1 is 0.803 bits per heavy atom. The number of fused-ring (bicyclic) bond motifs is 2. The summed E-state index contributed by atoms with van der Waals surface area (Å²) in [5.74, 6) is -0.583. The first-order valence-electron chi connectivity index (χ1n) is 21.4. The molecule has 5 fully saturated rings. The van der Waals surface area contributed by atoms with E-state index in [0.29, 0.717) is 40.0 Å². The minimum Gasteiger partial charge on any atom is -0.489 e. The van der Waals surface area contributed by atoms with Gasteiger partial charge < -0.3 is 19.4 Å². The Kier molecular flexibility index (Phi) is 9.13. The lowest BCUT2D eigenvalue weighted by atomic mass is 9.49. The second kappa shape index (κ2) is 14.0. The molecule has 10 rings (SSSR count). The van der Waals surface area contributed by atoms with E-state index in [1.54, 1.807) is 30.3 Å². The van der Waals surface area contributed by atoms with Gasteiger partial charge >= 0.3 is 0 Å². The van der Waals surface area contributed by atoms with Crippen molar-refractivity contribution >= 4 is 58.2 Å². The van der Waals surface area contributed by atoms with Crippen LogP contribution in [0.15, 0.2) is 54.6 Å². The van der Waals surface area contributed by atoms with Gasteiger partial charge in [-0.15, -0.1) is 0 Å². The molecule has 1 unspecified atom stereocenters. The van der Waals surface area contributed by atoms with E-state index in [2.05, 4.69) is 64.7 Å². The number of carbonyl (C=O) groups is 5. The number of amides is 5. The maximum Gasteiger partial charge on any atom is 0.262 e. The van der Waals surface area contributed by atoms with Gasteiger partial charge in [0.05, 0.1) is 22.7 Å². The van der Waals surface area contributed by atoms with Gasteiger partial charge in [0.25, 0.3) is 17.7 Å². The fourth-order valence-electron chi connectivity index (χ4n) is 12.4. The molecule has 1 atom stereocenters. The quantitative estimate of drug-likeness (QED) is 0.210. The van der Waals surface area contributed by atoms with Gasteiger partial charge in [-0.2, -0.15) is 0 Å². The van der Waals surface area contributed by atoms with Gasteiger partial charge in [0.2, 0.25) is 17.5 Å². The summed E-state index contributed by atoms with van der Waals surface area (Å²) in [4.78, 5) is 78.3. The van der Waals surface area contributed by atoms with Crippen molar-refractivity contribution in [3.8, 4) is 5.75 Å². The van der Waals surface area contributed by atoms with Crippen LogP contribution >= 0.6 is 11.6 Å². The predicted octanol–water partition coefficient (Wildman–Crippen LogP) is 6.17. The highest BCUT2D eigenvalue weighted by molar-refractivity contribution is 6.33. The Balaban J connectivity index is 0.700. The van der Waals surface area contributed by atoms with Crippen LogP contribution in [0.4, 0.5) is 17.1 Å². The fourth-order valence-corrected chi connectivity index (χ4v) is 12.7. The molecule has 1 spiro atoms. The van der Waals surface area contributed by atoms with Crippen molar-refractivity contribution in [3.05, 3.63) is 93.3 Å². The lowest BCUT2D eigenvalue weighted by molar-refractivity contribution is -0.199. The van der Waals surface area contributed by atoms with Crippen LogP contribution in [-0.4, -0.2) is 108 Å². The first-order chi connectivity index (χ1) is 29.1. The summed E-state index contributed by atoms with van der Waals surface area (Å²) < 4.78 is 6.51. The Bertz CT molecular complexity index is 2440. The van der Waals surface area contributed by atoms with Crippen LogP contribution in [0.2, 0.25) is 5.02 Å². The first kappa shape index (κ1) is 39.7. The van der Waals surface area contributed by atoms with Crippen molar-refractivity contribution in [2.75, 3.05) is 55.6 Å². The van der Waals surface area contributed by atoms with Crippen LogP contribution in [-0.2, 0) is 16.1 Å². The minimum atomic E-state index is -0.965. The van der Waals surface area contributed by atoms with Crippen LogP contribution in [0.3, 0.4) is 0 Å². The van der Waals surface area contributed by atoms with Gasteiger partial charge in [0.15, 0.2) is 0 Å². The van der Waals surface area contributed by atoms with Crippen LogP contribution < -0.4 is 19.9 Å². The van der Waals surface area contributed by atoms with Gasteiger partial charge in [-0.3, -0.25) is 39.1 Å². The summed E-state index contributed by atoms with van der Waals surface area (Å²) >= 11 is 6.32. The number of hydrogen-bond acceptors (Lipinski definition) is 9. The number of piperidine rings is 1. The van der Waals surface area contributed by atoms with Gasteiger partial charge in [0, 0.05) is 98.0 Å². The molecule has 3 aromatic rings. The number of halogens is 1. The van der Waals surface area contributed by atoms with Crippen LogP contribution in [0.1, 0.15) is 90.0 Å². The molecule has 3 aromatic carbocycles. The summed E-state index contributed by atoms with van der Waals surface area (Å²) in [6, 6.07) is 15.9. The Morgan fingerprint density at radius 3 is 2.15 bits per heavy atom. The Morgan fingerprint density at radius 2 is 1.48 bits per heavy atom. The summed E-state index contributed by atoms with van der Waals surface area (Å²) in [7, 11) is 0. The van der Waals surface area contributed by atoms with E-state index < -0.39 is 23.8 Å². The zero-order valence-electron chi connectivity index (χ0n) is 35.0. The summed E-state index contributed by atoms with van der Waals surface area (Å²) in [6.07, 6.45) is 2.44. The number of ether oxygens (including phenoxy) is 1. The number of nitrogens with zero attached hydrogens (tertiary/aromatic N) is 6. The van der Waals surface area contributed by atoms with E-state index in [0.717, 1.165) is 67.5 Å². The molecule has 7 aliphatic rings. The molecule has 2 aliphatic carbocycles. The maximum atomic E-state index is 13.9. The molecule has 5 amide bonds. The van der Waals surface area contributed by atoms with Crippen molar-refractivity contribution in [2.24, 2.45) is 22.2 Å². The Labute approximate surface area is 360 Å². The molecule has 13 nitrogen and oxygen atoms in total. The lowest BCUT2D eigenvalue weighted by Gasteiger charge is -2.65. The smallest absolute Gasteiger partial charge is 0.262 e. The van der Waals surface area contributed by atoms with Gasteiger partial charge in [-0.1, -0.05) is 45.4 Å². The molecule has 14 heteroatoms. The average Bonchev–Trinajstić information content (AvgIpc) is 3.64. The minimum absolute atomic E-state index is 0.0277. The van der Waals surface area contributed by atoms with Crippen LogP contribution in [0.5, 0.6) is 5.75 Å². The molecule has 5 heterocycles. The number of piperazine rings is 1. The molecular weight excluding hydrogens is 794 g/mol. The standard InChI is InChI=1S/C47H50ClN7O6/c1-45(2)43(46(3,4)44(45)61-31-8-11-36(49-5)35(48)20-31)54-24-28-18-29(6-9-32(28)40(54)58)52-16-14-51(15-17-52)23-27-21-47(22-27)25-53(26-47)30-7-10-33-34(19-30)42(60)55(41(33)59)37-12-13-38(56)50-39(37)57/h6-11,18-20,27,37,43-44H,12-17,21-26H2,1-4H3,(H,50,56,57). The Hall–Kier alpha value is -5.45. The monoisotopic (exact) mass is 843 g/mol. The van der Waals surface area contributed by atoms with Crippen LogP contribution in [0.25, 0.3) is 4.85 Å². The van der Waals surface area contributed by atoms with Gasteiger partial charge in [-0.05, 0) is 79.3 Å². The topological polar surface area (TPSA) is 127 Å². The number of imide groups is 2. The van der Waals surface area contributed by atoms with E-state index in [1.165, 1.54) is 18.5 Å². The number of carbonyl (C=O) groups excluding carboxylic acids is 5. The van der Waals surface area contributed by atoms with Crippen LogP contribution in [0, 0.1) is 28.7 Å². The third-order valence-electron chi connectivity index (χ3n) is 14.8. The second-order valence-corrected chi connectivity index (χ2v) is 20.0. The second-order valence-electron chi connectivity index (χ2n) is 19.6. The molecule has 0 bridgehead atoms. The summed E-state index contributed by atoms with van der Waals surface area (Å²) in [6.45, 7) is 23.3. The van der Waals surface area contributed by atoms with Crippen molar-refractivity contribution in [1.82, 2.24) is 20.0 Å². The largest absolute Gasteiger partial charge is 0.489 e. The number of hydrogen-bond donors (Lipinski definition) is 1. The van der Waals surface area contributed by atoms with E-state index in [1.807, 2.05) is 17.0 Å². The lowest BCUT2D eigenvalue weighted by Crippen LogP contribution is -2.74. The molecule has 5 aliphatic heterocycles. The van der Waals surface area contributed by atoms with Crippen molar-refractivity contribution in [3.63, 3.8) is 0 Å². The van der Waals surface area contributed by atoms with Crippen molar-refractivity contribution < 1.29 is 28.7 Å². The molecule has 0 radical (unpaired) electrons. The fraction of sp³-hybridized carbons (Fsp3) is 0.489. The number of nitrogens with one attached hydrogen (secondary N) is 1. The molecule has 316 valence electrons. The SMILES string of the molecule is [C-]#[N+]c1ccc(OC2C(C)(C)C(N3Cc4cc(N5CCN(CC6CC7(C6)CN(c6ccc8c(c6)C(=O)N(C6CCC(=O)NC6=O)C8=O)C7)CC5)ccc4C3=O)C2(C)C)cc1Cl. The third kappa shape index (κ3) is 6.31. The highest BCUT2D eigenvalue weighted by Gasteiger charge is 2.67. The zero-order valence-corrected chi connectivity index (χ0v) is 35.8. The van der Waals surface area contributed by atoms with Gasteiger partial charge in [0.1, 0.15) is 17.9 Å².